The fraction of sp³-hybridized carbons (Fsp3) is 1.00. The van der Waals surface area contributed by atoms with Crippen molar-refractivity contribution in [1.29, 1.82) is 0 Å². The molecule has 0 aromatic carbocycles. The number of hydrogen-bond acceptors (Lipinski definition) is 11. The van der Waals surface area contributed by atoms with Crippen molar-refractivity contribution in [3.63, 3.8) is 0 Å². The maximum absolute atomic E-state index is 11.1. The molecule has 0 spiro atoms. The molecule has 0 aromatic rings. The van der Waals surface area contributed by atoms with Crippen LogP contribution in [0, 0.1) is 5.92 Å². The molecule has 1 saturated carbocycles. The minimum absolute atomic E-state index is 0.0344. The van der Waals surface area contributed by atoms with E-state index in [-0.39, 0.29) is 6.42 Å². The van der Waals surface area contributed by atoms with Crippen molar-refractivity contribution in [3.8, 4) is 0 Å². The zero-order valence-electron chi connectivity index (χ0n) is 17.4. The molecule has 3 rings (SSSR count). The van der Waals surface area contributed by atoms with Crippen LogP contribution in [0.25, 0.3) is 0 Å². The van der Waals surface area contributed by atoms with Crippen LogP contribution in [0.5, 0.6) is 0 Å². The summed E-state index contributed by atoms with van der Waals surface area (Å²) in [7, 11) is 0. The maximum Gasteiger partial charge on any atom is 0.187 e. The molecule has 10 atom stereocenters. The average molecular weight is 452 g/mol. The smallest absolute Gasteiger partial charge is 0.187 e. The minimum Gasteiger partial charge on any atom is -0.394 e. The highest BCUT2D eigenvalue weighted by molar-refractivity contribution is 5.02. The molecule has 0 aromatic heterocycles. The second-order valence-electron chi connectivity index (χ2n) is 8.99. The summed E-state index contributed by atoms with van der Waals surface area (Å²) >= 11 is 0. The van der Waals surface area contributed by atoms with E-state index in [0.717, 1.165) is 25.7 Å². The van der Waals surface area contributed by atoms with Gasteiger partial charge in [0.2, 0.25) is 0 Å². The zero-order valence-corrected chi connectivity index (χ0v) is 17.4. The Morgan fingerprint density at radius 1 is 0.806 bits per heavy atom. The van der Waals surface area contributed by atoms with Gasteiger partial charge in [0, 0.05) is 0 Å². The predicted molar refractivity (Wildman–Crippen MR) is 103 cm³/mol. The Balaban J connectivity index is 1.72. The Kier molecular flexibility index (Phi) is 8.66. The van der Waals surface area contributed by atoms with Crippen LogP contribution in [0.2, 0.25) is 0 Å². The lowest BCUT2D eigenvalue weighted by atomic mass is 9.78. The molecule has 3 aliphatic rings. The summed E-state index contributed by atoms with van der Waals surface area (Å²) < 4.78 is 16.2. The molecule has 8 N–H and O–H groups in total. The van der Waals surface area contributed by atoms with E-state index in [0.29, 0.717) is 12.3 Å². The van der Waals surface area contributed by atoms with Crippen molar-refractivity contribution in [1.82, 2.24) is 0 Å². The third kappa shape index (κ3) is 5.22. The molecule has 0 radical (unpaired) electrons. The lowest BCUT2D eigenvalue weighted by Gasteiger charge is -2.50. The molecule has 2 heterocycles. The van der Waals surface area contributed by atoms with Gasteiger partial charge >= 0.3 is 0 Å². The Hall–Kier alpha value is -0.440. The molecule has 182 valence electrons. The van der Waals surface area contributed by atoms with Gasteiger partial charge in [0.15, 0.2) is 12.6 Å². The van der Waals surface area contributed by atoms with Crippen LogP contribution in [-0.2, 0) is 14.2 Å². The topological polar surface area (TPSA) is 190 Å². The summed E-state index contributed by atoms with van der Waals surface area (Å²) in [6.07, 6.45) is -8.01. The Bertz CT molecular complexity index is 557. The lowest BCUT2D eigenvalue weighted by Crippen LogP contribution is -2.69. The Morgan fingerprint density at radius 2 is 1.45 bits per heavy atom. The van der Waals surface area contributed by atoms with E-state index in [4.69, 9.17) is 14.2 Å². The van der Waals surface area contributed by atoms with Crippen molar-refractivity contribution in [2.75, 3.05) is 13.2 Å². The van der Waals surface area contributed by atoms with E-state index in [9.17, 15) is 40.9 Å². The predicted octanol–water partition coefficient (Wildman–Crippen LogP) is -2.67. The van der Waals surface area contributed by atoms with Crippen LogP contribution in [-0.4, -0.2) is 115 Å². The van der Waals surface area contributed by atoms with E-state index in [1.807, 2.05) is 0 Å². The zero-order chi connectivity index (χ0) is 22.8. The quantitative estimate of drug-likeness (QED) is 0.201. The monoisotopic (exact) mass is 452 g/mol. The normalized spacial score (nSPS) is 47.4. The molecule has 1 aliphatic carbocycles. The van der Waals surface area contributed by atoms with E-state index < -0.39 is 74.1 Å². The first-order chi connectivity index (χ1) is 14.7. The van der Waals surface area contributed by atoms with E-state index in [1.54, 1.807) is 0 Å². The van der Waals surface area contributed by atoms with Gasteiger partial charge in [-0.1, -0.05) is 32.1 Å². The highest BCUT2D eigenvalue weighted by atomic mass is 16.7. The van der Waals surface area contributed by atoms with Gasteiger partial charge < -0.3 is 55.1 Å². The van der Waals surface area contributed by atoms with Crippen molar-refractivity contribution in [3.05, 3.63) is 0 Å². The molecular formula is C20H36O11. The average Bonchev–Trinajstić information content (AvgIpc) is 2.78. The van der Waals surface area contributed by atoms with E-state index >= 15 is 0 Å². The van der Waals surface area contributed by atoms with Crippen LogP contribution < -0.4 is 0 Å². The molecule has 11 heteroatoms. The van der Waals surface area contributed by atoms with Crippen LogP contribution in [0.3, 0.4) is 0 Å². The van der Waals surface area contributed by atoms with Gasteiger partial charge in [0.25, 0.3) is 0 Å². The molecule has 2 saturated heterocycles. The second kappa shape index (κ2) is 10.7. The summed E-state index contributed by atoms with van der Waals surface area (Å²) in [5.74, 6) is 0.359. The molecule has 0 bridgehead atoms. The largest absolute Gasteiger partial charge is 0.394 e. The summed E-state index contributed by atoms with van der Waals surface area (Å²) in [6, 6.07) is 0. The van der Waals surface area contributed by atoms with Crippen molar-refractivity contribution < 1.29 is 55.1 Å². The van der Waals surface area contributed by atoms with Crippen molar-refractivity contribution in [2.45, 2.75) is 106 Å². The first-order valence-electron chi connectivity index (χ1n) is 11.0. The number of aliphatic hydroxyl groups is 8. The summed E-state index contributed by atoms with van der Waals surface area (Å²) in [6.45, 7) is -1.34. The van der Waals surface area contributed by atoms with Crippen LogP contribution in [0.4, 0.5) is 0 Å². The molecular weight excluding hydrogens is 416 g/mol. The number of rotatable bonds is 7. The van der Waals surface area contributed by atoms with Gasteiger partial charge in [-0.15, -0.1) is 0 Å². The molecule has 0 unspecified atom stereocenters. The third-order valence-electron chi connectivity index (χ3n) is 6.92. The van der Waals surface area contributed by atoms with Crippen LogP contribution >= 0.6 is 0 Å². The van der Waals surface area contributed by atoms with Crippen LogP contribution in [0.1, 0.15) is 44.9 Å². The summed E-state index contributed by atoms with van der Waals surface area (Å²) in [5, 5.41) is 81.4. The third-order valence-corrected chi connectivity index (χ3v) is 6.92. The van der Waals surface area contributed by atoms with Gasteiger partial charge in [-0.3, -0.25) is 0 Å². The number of ether oxygens (including phenoxy) is 3. The SMILES string of the molecule is OC[C@H]1O[C@H](O[C@@H]2[C@@H](CO)O[C@@H](O)[C@@](O)(CCC3CCCCC3)[C@H]2O)[C@H](O)[C@@H](O)[C@@H]1O. The molecule has 0 amide bonds. The van der Waals surface area contributed by atoms with Gasteiger partial charge in [0.1, 0.15) is 48.3 Å². The molecule has 31 heavy (non-hydrogen) atoms. The van der Waals surface area contributed by atoms with Gasteiger partial charge in [-0.05, 0) is 18.8 Å². The first kappa shape index (κ1) is 25.2. The molecule has 3 fully saturated rings. The lowest BCUT2D eigenvalue weighted by molar-refractivity contribution is -0.375. The van der Waals surface area contributed by atoms with Gasteiger partial charge in [0.05, 0.1) is 13.2 Å². The first-order valence-corrected chi connectivity index (χ1v) is 11.0. The highest BCUT2D eigenvalue weighted by Crippen LogP contribution is 2.38. The minimum atomic E-state index is -2.08. The van der Waals surface area contributed by atoms with Gasteiger partial charge in [-0.2, -0.15) is 0 Å². The van der Waals surface area contributed by atoms with E-state index in [2.05, 4.69) is 0 Å². The molecule has 11 nitrogen and oxygen atoms in total. The van der Waals surface area contributed by atoms with Crippen molar-refractivity contribution in [2.24, 2.45) is 5.92 Å². The van der Waals surface area contributed by atoms with Crippen LogP contribution in [0.15, 0.2) is 0 Å². The Labute approximate surface area is 180 Å². The van der Waals surface area contributed by atoms with Crippen molar-refractivity contribution >= 4 is 0 Å². The fourth-order valence-electron chi connectivity index (χ4n) is 4.82. The second-order valence-corrected chi connectivity index (χ2v) is 8.99. The maximum atomic E-state index is 11.1. The standard InChI is InChI=1S/C20H36O11/c21-8-11-13(23)14(24)15(25)18(29-11)31-16-12(9-22)30-19(27)20(28,17(16)26)7-6-10-4-2-1-3-5-10/h10-19,21-28H,1-9H2/t11-,12-,13-,14+,15-,16-,17+,18-,19-,20-/m1/s1. The number of aliphatic hydroxyl groups excluding tert-OH is 7. The van der Waals surface area contributed by atoms with E-state index in [1.165, 1.54) is 6.42 Å². The van der Waals surface area contributed by atoms with Gasteiger partial charge in [-0.25, -0.2) is 0 Å². The Morgan fingerprint density at radius 3 is 2.06 bits per heavy atom. The number of hydrogen-bond donors (Lipinski definition) is 8. The molecule has 2 aliphatic heterocycles. The summed E-state index contributed by atoms with van der Waals surface area (Å²) in [4.78, 5) is 0. The highest BCUT2D eigenvalue weighted by Gasteiger charge is 2.56. The fourth-order valence-corrected chi connectivity index (χ4v) is 4.82. The summed E-state index contributed by atoms with van der Waals surface area (Å²) in [5.41, 5.74) is -2.08.